The molecular formula is C6H17N2O3P. The Hall–Kier alpha value is 0.0700. The van der Waals surface area contributed by atoms with Gasteiger partial charge in [0.25, 0.3) is 0 Å². The third-order valence-electron chi connectivity index (χ3n) is 1.27. The van der Waals surface area contributed by atoms with Gasteiger partial charge in [0.2, 0.25) is 0 Å². The topological polar surface area (TPSA) is 95.6 Å². The molecule has 0 spiro atoms. The molecule has 0 aliphatic heterocycles. The molecule has 74 valence electrons. The van der Waals surface area contributed by atoms with Crippen LogP contribution < -0.4 is 11.1 Å². The van der Waals surface area contributed by atoms with Gasteiger partial charge in [0, 0.05) is 12.1 Å². The number of rotatable bonds is 3. The molecule has 0 fully saturated rings. The summed E-state index contributed by atoms with van der Waals surface area (Å²) in [6, 6.07) is 0. The fourth-order valence-corrected chi connectivity index (χ4v) is 0.859. The van der Waals surface area contributed by atoms with Crippen molar-refractivity contribution in [3.05, 3.63) is 0 Å². The van der Waals surface area contributed by atoms with Crippen LogP contribution in [-0.4, -0.2) is 27.7 Å². The summed E-state index contributed by atoms with van der Waals surface area (Å²) >= 11 is 0. The summed E-state index contributed by atoms with van der Waals surface area (Å²) < 4.78 is 10.6. The maximum atomic E-state index is 10.6. The van der Waals surface area contributed by atoms with Gasteiger partial charge < -0.3 is 20.8 Å². The van der Waals surface area contributed by atoms with Gasteiger partial charge >= 0.3 is 7.60 Å². The van der Waals surface area contributed by atoms with E-state index in [1.165, 1.54) is 0 Å². The van der Waals surface area contributed by atoms with E-state index in [1.54, 1.807) is 0 Å². The minimum Gasteiger partial charge on any atom is -0.323 e. The lowest BCUT2D eigenvalue weighted by Gasteiger charge is -2.23. The van der Waals surface area contributed by atoms with Crippen LogP contribution in [0.3, 0.4) is 0 Å². The van der Waals surface area contributed by atoms with E-state index in [4.69, 9.17) is 15.5 Å². The molecule has 0 aromatic carbocycles. The second-order valence-corrected chi connectivity index (χ2v) is 5.63. The Balaban J connectivity index is 3.89. The standard InChI is InChI=1S/C6H17N2O3P/c1-6(2,3)8-4-5(7)12(9,10)11/h5,8H,4,7H2,1-3H3,(H2,9,10,11). The summed E-state index contributed by atoms with van der Waals surface area (Å²) in [5, 5.41) is 2.91. The van der Waals surface area contributed by atoms with Crippen LogP contribution in [0.25, 0.3) is 0 Å². The summed E-state index contributed by atoms with van der Waals surface area (Å²) in [6.45, 7) is 5.83. The van der Waals surface area contributed by atoms with E-state index in [9.17, 15) is 4.57 Å². The largest absolute Gasteiger partial charge is 0.343 e. The van der Waals surface area contributed by atoms with Crippen LogP contribution >= 0.6 is 7.60 Å². The van der Waals surface area contributed by atoms with Gasteiger partial charge in [-0.25, -0.2) is 0 Å². The predicted molar refractivity (Wildman–Crippen MR) is 47.8 cm³/mol. The van der Waals surface area contributed by atoms with E-state index in [1.807, 2.05) is 20.8 Å². The Kier molecular flexibility index (Phi) is 3.87. The van der Waals surface area contributed by atoms with Gasteiger partial charge in [0.15, 0.2) is 0 Å². The van der Waals surface area contributed by atoms with Crippen LogP contribution in [0.15, 0.2) is 0 Å². The average Bonchev–Trinajstić information content (AvgIpc) is 1.78. The molecule has 1 atom stereocenters. The van der Waals surface area contributed by atoms with E-state index in [-0.39, 0.29) is 12.1 Å². The fraction of sp³-hybridized carbons (Fsp3) is 1.00. The maximum Gasteiger partial charge on any atom is 0.343 e. The number of hydrogen-bond acceptors (Lipinski definition) is 3. The highest BCUT2D eigenvalue weighted by atomic mass is 31.2. The van der Waals surface area contributed by atoms with Crippen molar-refractivity contribution in [1.82, 2.24) is 5.32 Å². The van der Waals surface area contributed by atoms with E-state index >= 15 is 0 Å². The molecule has 0 aromatic rings. The van der Waals surface area contributed by atoms with Gasteiger partial charge in [-0.3, -0.25) is 4.57 Å². The van der Waals surface area contributed by atoms with Crippen LogP contribution in [0, 0.1) is 0 Å². The molecule has 0 aliphatic rings. The van der Waals surface area contributed by atoms with Crippen molar-refractivity contribution in [2.24, 2.45) is 5.73 Å². The smallest absolute Gasteiger partial charge is 0.323 e. The van der Waals surface area contributed by atoms with Gasteiger partial charge in [0.05, 0.1) is 0 Å². The number of hydrogen-bond donors (Lipinski definition) is 4. The highest BCUT2D eigenvalue weighted by Crippen LogP contribution is 2.37. The first-order chi connectivity index (χ1) is 5.13. The normalized spacial score (nSPS) is 16.2. The van der Waals surface area contributed by atoms with Crippen molar-refractivity contribution < 1.29 is 14.4 Å². The zero-order chi connectivity index (χ0) is 9.99. The minimum atomic E-state index is -4.13. The molecule has 0 aliphatic carbocycles. The summed E-state index contributed by atoms with van der Waals surface area (Å²) in [5.41, 5.74) is 5.06. The van der Waals surface area contributed by atoms with Crippen molar-refractivity contribution >= 4 is 7.60 Å². The molecule has 0 saturated carbocycles. The van der Waals surface area contributed by atoms with Crippen molar-refractivity contribution in [1.29, 1.82) is 0 Å². The van der Waals surface area contributed by atoms with Crippen LogP contribution in [0.1, 0.15) is 20.8 Å². The molecule has 5 N–H and O–H groups in total. The van der Waals surface area contributed by atoms with Crippen molar-refractivity contribution in [2.75, 3.05) is 6.54 Å². The molecule has 0 amide bonds. The Morgan fingerprint density at radius 2 is 1.92 bits per heavy atom. The van der Waals surface area contributed by atoms with E-state index in [0.29, 0.717) is 0 Å². The van der Waals surface area contributed by atoms with Crippen molar-refractivity contribution in [3.8, 4) is 0 Å². The zero-order valence-electron chi connectivity index (χ0n) is 7.61. The third kappa shape index (κ3) is 5.69. The molecule has 0 radical (unpaired) electrons. The lowest BCUT2D eigenvalue weighted by atomic mass is 10.1. The van der Waals surface area contributed by atoms with Gasteiger partial charge in [0.1, 0.15) is 5.78 Å². The summed E-state index contributed by atoms with van der Waals surface area (Å²) in [5.74, 6) is -1.11. The molecule has 6 heteroatoms. The van der Waals surface area contributed by atoms with Crippen LogP contribution in [0.2, 0.25) is 0 Å². The van der Waals surface area contributed by atoms with E-state index < -0.39 is 13.4 Å². The monoisotopic (exact) mass is 196 g/mol. The second-order valence-electron chi connectivity index (χ2n) is 3.79. The number of nitrogens with one attached hydrogen (secondary N) is 1. The van der Waals surface area contributed by atoms with Gasteiger partial charge in [-0.1, -0.05) is 0 Å². The Morgan fingerprint density at radius 1 is 1.50 bits per heavy atom. The fourth-order valence-electron chi connectivity index (χ4n) is 0.530. The highest BCUT2D eigenvalue weighted by Gasteiger charge is 2.25. The maximum absolute atomic E-state index is 10.6. The van der Waals surface area contributed by atoms with E-state index in [2.05, 4.69) is 5.32 Å². The third-order valence-corrected chi connectivity index (χ3v) is 2.32. The molecule has 0 aromatic heterocycles. The van der Waals surface area contributed by atoms with Crippen LogP contribution in [0.4, 0.5) is 0 Å². The summed E-state index contributed by atoms with van der Waals surface area (Å²) in [6.07, 6.45) is 0. The number of nitrogens with two attached hydrogens (primary N) is 1. The molecular weight excluding hydrogens is 179 g/mol. The second kappa shape index (κ2) is 3.85. The average molecular weight is 196 g/mol. The first kappa shape index (κ1) is 12.1. The van der Waals surface area contributed by atoms with Gasteiger partial charge in [-0.15, -0.1) is 0 Å². The quantitative estimate of drug-likeness (QED) is 0.470. The van der Waals surface area contributed by atoms with Crippen molar-refractivity contribution in [2.45, 2.75) is 32.1 Å². The molecule has 12 heavy (non-hydrogen) atoms. The highest BCUT2D eigenvalue weighted by molar-refractivity contribution is 7.52. The van der Waals surface area contributed by atoms with Gasteiger partial charge in [-0.2, -0.15) is 0 Å². The summed E-state index contributed by atoms with van der Waals surface area (Å²) in [4.78, 5) is 17.3. The first-order valence-corrected chi connectivity index (χ1v) is 5.37. The van der Waals surface area contributed by atoms with Crippen molar-refractivity contribution in [3.63, 3.8) is 0 Å². The molecule has 0 rings (SSSR count). The Labute approximate surface area is 72.5 Å². The molecule has 1 unspecified atom stereocenters. The first-order valence-electron chi connectivity index (χ1n) is 3.69. The Morgan fingerprint density at radius 3 is 2.17 bits per heavy atom. The van der Waals surface area contributed by atoms with Crippen LogP contribution in [0.5, 0.6) is 0 Å². The minimum absolute atomic E-state index is 0.119. The molecule has 0 bridgehead atoms. The molecule has 0 saturated heterocycles. The van der Waals surface area contributed by atoms with Gasteiger partial charge in [-0.05, 0) is 20.8 Å². The summed E-state index contributed by atoms with van der Waals surface area (Å²) in [7, 11) is -4.13. The molecule has 5 nitrogen and oxygen atoms in total. The molecule has 0 heterocycles. The zero-order valence-corrected chi connectivity index (χ0v) is 8.51. The SMILES string of the molecule is CC(C)(C)NCC(N)P(=O)(O)O. The predicted octanol–water partition coefficient (Wildman–Crippen LogP) is -0.163. The lowest BCUT2D eigenvalue weighted by Crippen LogP contribution is -2.43. The van der Waals surface area contributed by atoms with E-state index in [0.717, 1.165) is 0 Å². The van der Waals surface area contributed by atoms with Crippen LogP contribution in [-0.2, 0) is 4.57 Å². The lowest BCUT2D eigenvalue weighted by molar-refractivity contribution is 0.345. The Bertz CT molecular complexity index is 184.